The van der Waals surface area contributed by atoms with Crippen molar-refractivity contribution < 1.29 is 29.6 Å². The fourth-order valence-electron chi connectivity index (χ4n) is 4.79. The van der Waals surface area contributed by atoms with Gasteiger partial charge in [0.25, 0.3) is 0 Å². The Labute approximate surface area is 215 Å². The first kappa shape index (κ1) is 30.3. The Morgan fingerprint density at radius 3 is 2.25 bits per heavy atom. The average molecular weight is 508 g/mol. The number of carbonyl (C=O) groups is 2. The lowest BCUT2D eigenvalue weighted by Crippen LogP contribution is -2.52. The summed E-state index contributed by atoms with van der Waals surface area (Å²) in [5.74, 6) is -0.0164. The lowest BCUT2D eigenvalue weighted by molar-refractivity contribution is -0.134. The smallest absolute Gasteiger partial charge is 0.221 e. The number of unbranched alkanes of at least 4 members (excludes halogenated alkanes) is 4. The molecule has 204 valence electrons. The van der Waals surface area contributed by atoms with Crippen molar-refractivity contribution in [1.29, 1.82) is 0 Å². The van der Waals surface area contributed by atoms with Gasteiger partial charge in [0.1, 0.15) is 18.7 Å². The summed E-state index contributed by atoms with van der Waals surface area (Å²) in [5.41, 5.74) is 0.840. The molecule has 5 atom stereocenters. The van der Waals surface area contributed by atoms with E-state index in [9.17, 15) is 24.9 Å². The Morgan fingerprint density at radius 2 is 1.64 bits per heavy atom. The number of morpholine rings is 1. The second kappa shape index (κ2) is 16.8. The minimum Gasteiger partial charge on any atom is -0.388 e. The van der Waals surface area contributed by atoms with Gasteiger partial charge in [-0.25, -0.2) is 4.90 Å². The monoisotopic (exact) mass is 507 g/mol. The summed E-state index contributed by atoms with van der Waals surface area (Å²) >= 11 is 0. The summed E-state index contributed by atoms with van der Waals surface area (Å²) < 4.78 is 5.45. The van der Waals surface area contributed by atoms with Gasteiger partial charge in [-0.3, -0.25) is 9.69 Å². The highest BCUT2D eigenvalue weighted by Crippen LogP contribution is 2.21. The number of carbonyl (C=O) groups excluding carboxylic acids is 2. The predicted octanol–water partition coefficient (Wildman–Crippen LogP) is 2.16. The van der Waals surface area contributed by atoms with Crippen molar-refractivity contribution in [3.8, 4) is 0 Å². The van der Waals surface area contributed by atoms with Crippen LogP contribution in [0.15, 0.2) is 30.3 Å². The molecule has 5 unspecified atom stereocenters. The molecule has 4 N–H and O–H groups in total. The Balaban J connectivity index is 1.72. The number of rotatable bonds is 17. The normalized spacial score (nSPS) is 18.8. The molecule has 9 nitrogen and oxygen atoms in total. The third kappa shape index (κ3) is 10.6. The van der Waals surface area contributed by atoms with Crippen molar-refractivity contribution in [3.63, 3.8) is 0 Å². The molecule has 0 saturated carbocycles. The fourth-order valence-corrected chi connectivity index (χ4v) is 4.79. The molecule has 1 heterocycles. The number of hydrogen-bond donors (Lipinski definition) is 4. The van der Waals surface area contributed by atoms with E-state index in [1.54, 1.807) is 13.8 Å². The van der Waals surface area contributed by atoms with Crippen LogP contribution in [0.25, 0.3) is 0 Å². The molecule has 1 aromatic carbocycles. The first-order valence-corrected chi connectivity index (χ1v) is 13.3. The van der Waals surface area contributed by atoms with Gasteiger partial charge >= 0.3 is 0 Å². The number of aldehydes is 1. The molecule has 0 aromatic heterocycles. The summed E-state index contributed by atoms with van der Waals surface area (Å²) in [6.45, 7) is 5.75. The molecule has 1 aromatic rings. The van der Waals surface area contributed by atoms with Crippen LogP contribution in [-0.4, -0.2) is 88.3 Å². The Bertz CT molecular complexity index is 734. The maximum absolute atomic E-state index is 12.7. The van der Waals surface area contributed by atoms with Crippen LogP contribution in [0, 0.1) is 0 Å². The van der Waals surface area contributed by atoms with E-state index in [0.29, 0.717) is 32.5 Å². The second-order valence-corrected chi connectivity index (χ2v) is 9.61. The van der Waals surface area contributed by atoms with Gasteiger partial charge in [0.2, 0.25) is 5.91 Å². The van der Waals surface area contributed by atoms with Crippen LogP contribution in [0.5, 0.6) is 0 Å². The molecular weight excluding hydrogens is 462 g/mol. The fraction of sp³-hybridized carbons (Fsp3) is 0.704. The van der Waals surface area contributed by atoms with Gasteiger partial charge < -0.3 is 30.2 Å². The molecule has 1 aliphatic rings. The molecule has 1 aliphatic heterocycles. The maximum atomic E-state index is 12.7. The number of aliphatic hydroxyl groups is 3. The minimum atomic E-state index is -0.895. The van der Waals surface area contributed by atoms with E-state index in [0.717, 1.165) is 57.0 Å². The van der Waals surface area contributed by atoms with Gasteiger partial charge in [-0.05, 0) is 32.3 Å². The van der Waals surface area contributed by atoms with Gasteiger partial charge in [-0.15, -0.1) is 0 Å². The lowest BCUT2D eigenvalue weighted by Gasteiger charge is -2.36. The molecule has 0 radical (unpaired) electrons. The molecule has 1 fully saturated rings. The number of aliphatic hydroxyl groups excluding tert-OH is 3. The molecule has 0 bridgehead atoms. The van der Waals surface area contributed by atoms with Crippen LogP contribution < -0.4 is 5.32 Å². The molecule has 2 rings (SSSR count). The second-order valence-electron chi connectivity index (χ2n) is 9.61. The molecule has 1 saturated heterocycles. The van der Waals surface area contributed by atoms with Gasteiger partial charge in [0, 0.05) is 25.9 Å². The van der Waals surface area contributed by atoms with Crippen LogP contribution in [0.4, 0.5) is 0 Å². The van der Waals surface area contributed by atoms with Gasteiger partial charge in [0.05, 0.1) is 31.5 Å². The van der Waals surface area contributed by atoms with E-state index < -0.39 is 24.6 Å². The molecule has 36 heavy (non-hydrogen) atoms. The van der Waals surface area contributed by atoms with Gasteiger partial charge in [-0.1, -0.05) is 56.0 Å². The van der Waals surface area contributed by atoms with Crippen LogP contribution in [0.1, 0.15) is 76.9 Å². The summed E-state index contributed by atoms with van der Waals surface area (Å²) in [7, 11) is 0. The zero-order valence-corrected chi connectivity index (χ0v) is 21.8. The highest BCUT2D eigenvalue weighted by Gasteiger charge is 2.26. The molecular formula is C27H45N3O6. The van der Waals surface area contributed by atoms with Gasteiger partial charge in [-0.2, -0.15) is 0 Å². The van der Waals surface area contributed by atoms with Crippen molar-refractivity contribution in [2.75, 3.05) is 26.3 Å². The standard InChI is InChI=1S/C27H45N3O6/c1-21(32)30(22(2)33)24(20-31)13-9-4-3-5-10-14-27(35)28-26(29-15-17-36-18-16-29)19-25(34)23-11-7-6-8-12-23/h6-8,11-12,20-22,24-26,32-34H,3-5,9-10,13-19H2,1-2H3,(H,28,35). The van der Waals surface area contributed by atoms with E-state index >= 15 is 0 Å². The van der Waals surface area contributed by atoms with Crippen molar-refractivity contribution in [3.05, 3.63) is 35.9 Å². The third-order valence-electron chi connectivity index (χ3n) is 6.75. The third-order valence-corrected chi connectivity index (χ3v) is 6.75. The van der Waals surface area contributed by atoms with E-state index in [4.69, 9.17) is 4.74 Å². The summed E-state index contributed by atoms with van der Waals surface area (Å²) in [6, 6.07) is 8.99. The highest BCUT2D eigenvalue weighted by molar-refractivity contribution is 5.76. The number of hydrogen-bond acceptors (Lipinski definition) is 8. The summed E-state index contributed by atoms with van der Waals surface area (Å²) in [5, 5.41) is 33.5. The van der Waals surface area contributed by atoms with Crippen molar-refractivity contribution in [2.24, 2.45) is 0 Å². The van der Waals surface area contributed by atoms with E-state index in [1.165, 1.54) is 4.90 Å². The molecule has 0 aliphatic carbocycles. The number of nitrogens with zero attached hydrogens (tertiary/aromatic N) is 2. The zero-order valence-electron chi connectivity index (χ0n) is 21.8. The number of nitrogens with one attached hydrogen (secondary N) is 1. The maximum Gasteiger partial charge on any atom is 0.221 e. The summed E-state index contributed by atoms with van der Waals surface area (Å²) in [4.78, 5) is 27.7. The van der Waals surface area contributed by atoms with Crippen LogP contribution >= 0.6 is 0 Å². The summed E-state index contributed by atoms with van der Waals surface area (Å²) in [6.07, 6.45) is 3.86. The van der Waals surface area contributed by atoms with Gasteiger partial charge in [0.15, 0.2) is 0 Å². The van der Waals surface area contributed by atoms with E-state index in [-0.39, 0.29) is 12.1 Å². The van der Waals surface area contributed by atoms with Crippen LogP contribution in [0.3, 0.4) is 0 Å². The van der Waals surface area contributed by atoms with Crippen LogP contribution in [0.2, 0.25) is 0 Å². The molecule has 9 heteroatoms. The molecule has 1 amide bonds. The van der Waals surface area contributed by atoms with Crippen molar-refractivity contribution >= 4 is 12.2 Å². The van der Waals surface area contributed by atoms with E-state index in [1.807, 2.05) is 30.3 Å². The zero-order chi connectivity index (χ0) is 26.3. The highest BCUT2D eigenvalue weighted by atomic mass is 16.5. The van der Waals surface area contributed by atoms with Crippen molar-refractivity contribution in [2.45, 2.75) is 96.0 Å². The van der Waals surface area contributed by atoms with E-state index in [2.05, 4.69) is 10.2 Å². The first-order chi connectivity index (χ1) is 17.3. The first-order valence-electron chi connectivity index (χ1n) is 13.3. The number of ether oxygens (including phenoxy) is 1. The Morgan fingerprint density at radius 1 is 1.03 bits per heavy atom. The van der Waals surface area contributed by atoms with Crippen molar-refractivity contribution in [1.82, 2.24) is 15.1 Å². The molecule has 0 spiro atoms. The average Bonchev–Trinajstić information content (AvgIpc) is 2.87. The SMILES string of the molecule is CC(O)N(C(C)O)C(C=O)CCCCCCCC(=O)NC(CC(O)c1ccccc1)N1CCOCC1. The minimum absolute atomic E-state index is 0.0164. The quantitative estimate of drug-likeness (QED) is 0.144. The Kier molecular flexibility index (Phi) is 14.1. The van der Waals surface area contributed by atoms with Crippen LogP contribution in [-0.2, 0) is 14.3 Å². The topological polar surface area (TPSA) is 123 Å². The number of amides is 1. The lowest BCUT2D eigenvalue weighted by atomic mass is 10.0. The predicted molar refractivity (Wildman–Crippen MR) is 138 cm³/mol. The number of benzene rings is 1. The Hall–Kier alpha value is -1.88. The largest absolute Gasteiger partial charge is 0.388 e.